The lowest BCUT2D eigenvalue weighted by Crippen LogP contribution is -2.05. The van der Waals surface area contributed by atoms with Gasteiger partial charge in [-0.05, 0) is 31.2 Å². The van der Waals surface area contributed by atoms with Crippen LogP contribution in [0.2, 0.25) is 0 Å². The van der Waals surface area contributed by atoms with Crippen LogP contribution in [0.3, 0.4) is 0 Å². The van der Waals surface area contributed by atoms with E-state index < -0.39 is 0 Å². The molecule has 0 saturated heterocycles. The Morgan fingerprint density at radius 3 is 2.74 bits per heavy atom. The number of nitrogens with one attached hydrogen (secondary N) is 1. The fourth-order valence-corrected chi connectivity index (χ4v) is 1.88. The molecule has 0 fully saturated rings. The van der Waals surface area contributed by atoms with Gasteiger partial charge in [0.25, 0.3) is 0 Å². The fraction of sp³-hybridized carbons (Fsp3) is 0.143. The molecule has 0 aromatic carbocycles. The number of pyridine rings is 2. The number of hydrogen-bond acceptors (Lipinski definition) is 5. The largest absolute Gasteiger partial charge is 0.364 e. The van der Waals surface area contributed by atoms with Crippen molar-refractivity contribution in [3.05, 3.63) is 54.2 Å². The van der Waals surface area contributed by atoms with Crippen molar-refractivity contribution in [2.75, 3.05) is 5.32 Å². The number of nitrogens with zero attached hydrogens (tertiary/aromatic N) is 4. The summed E-state index contributed by atoms with van der Waals surface area (Å²) in [5, 5.41) is 4.21. The lowest BCUT2D eigenvalue weighted by Gasteiger charge is -2.08. The highest BCUT2D eigenvalue weighted by Crippen LogP contribution is 2.18. The summed E-state index contributed by atoms with van der Waals surface area (Å²) in [6.07, 6.45) is 3.51. The highest BCUT2D eigenvalue weighted by Gasteiger charge is 2.05. The van der Waals surface area contributed by atoms with Crippen LogP contribution in [-0.2, 0) is 6.54 Å². The summed E-state index contributed by atoms with van der Waals surface area (Å²) in [4.78, 5) is 17.3. The zero-order valence-corrected chi connectivity index (χ0v) is 10.5. The van der Waals surface area contributed by atoms with Gasteiger partial charge >= 0.3 is 0 Å². The Bertz CT molecular complexity index is 697. The number of aryl methyl sites for hydroxylation is 1. The van der Waals surface area contributed by atoms with Crippen LogP contribution in [0.25, 0.3) is 11.0 Å². The van der Waals surface area contributed by atoms with E-state index in [4.69, 9.17) is 0 Å². The third kappa shape index (κ3) is 2.49. The first-order chi connectivity index (χ1) is 9.33. The van der Waals surface area contributed by atoms with Crippen molar-refractivity contribution in [1.29, 1.82) is 0 Å². The van der Waals surface area contributed by atoms with Crippen LogP contribution in [0.4, 0.5) is 5.82 Å². The van der Waals surface area contributed by atoms with Gasteiger partial charge in [-0.15, -0.1) is 0 Å². The maximum Gasteiger partial charge on any atom is 0.164 e. The van der Waals surface area contributed by atoms with Gasteiger partial charge in [0.1, 0.15) is 11.6 Å². The van der Waals surface area contributed by atoms with Gasteiger partial charge in [0.2, 0.25) is 0 Å². The third-order valence-electron chi connectivity index (χ3n) is 2.75. The molecular formula is C14H13N5. The van der Waals surface area contributed by atoms with E-state index in [0.29, 0.717) is 18.0 Å². The van der Waals surface area contributed by atoms with Gasteiger partial charge in [0.15, 0.2) is 5.65 Å². The van der Waals surface area contributed by atoms with E-state index in [9.17, 15) is 0 Å². The Hall–Kier alpha value is -2.56. The van der Waals surface area contributed by atoms with Gasteiger partial charge < -0.3 is 5.32 Å². The summed E-state index contributed by atoms with van der Waals surface area (Å²) >= 11 is 0. The Morgan fingerprint density at radius 1 is 1.00 bits per heavy atom. The lowest BCUT2D eigenvalue weighted by molar-refractivity contribution is 1.01. The molecule has 3 aromatic rings. The van der Waals surface area contributed by atoms with Crippen molar-refractivity contribution in [3.63, 3.8) is 0 Å². The minimum absolute atomic E-state index is 0.626. The van der Waals surface area contributed by atoms with E-state index in [1.54, 1.807) is 12.4 Å². The zero-order valence-electron chi connectivity index (χ0n) is 10.5. The first-order valence-electron chi connectivity index (χ1n) is 6.06. The van der Waals surface area contributed by atoms with Crippen LogP contribution in [0, 0.1) is 6.92 Å². The molecule has 0 aliphatic rings. The molecule has 0 aliphatic carbocycles. The highest BCUT2D eigenvalue weighted by atomic mass is 15.0. The van der Waals surface area contributed by atoms with E-state index in [2.05, 4.69) is 25.3 Å². The monoisotopic (exact) mass is 251 g/mol. The van der Waals surface area contributed by atoms with Crippen LogP contribution in [-0.4, -0.2) is 19.9 Å². The van der Waals surface area contributed by atoms with Gasteiger partial charge in [-0.1, -0.05) is 6.07 Å². The summed E-state index contributed by atoms with van der Waals surface area (Å²) in [6, 6.07) is 9.68. The van der Waals surface area contributed by atoms with Crippen molar-refractivity contribution in [3.8, 4) is 0 Å². The quantitative estimate of drug-likeness (QED) is 0.774. The highest BCUT2D eigenvalue weighted by molar-refractivity contribution is 5.86. The van der Waals surface area contributed by atoms with Gasteiger partial charge in [-0.2, -0.15) is 0 Å². The second kappa shape index (κ2) is 4.97. The average Bonchev–Trinajstić information content (AvgIpc) is 2.45. The van der Waals surface area contributed by atoms with Crippen LogP contribution in [0.1, 0.15) is 11.5 Å². The molecule has 0 aliphatic heterocycles. The second-order valence-corrected chi connectivity index (χ2v) is 4.17. The predicted molar refractivity (Wildman–Crippen MR) is 73.6 cm³/mol. The fourth-order valence-electron chi connectivity index (χ4n) is 1.88. The van der Waals surface area contributed by atoms with Gasteiger partial charge in [0, 0.05) is 12.4 Å². The molecule has 5 nitrogen and oxygen atoms in total. The lowest BCUT2D eigenvalue weighted by atomic mass is 10.3. The van der Waals surface area contributed by atoms with Crippen molar-refractivity contribution in [2.24, 2.45) is 0 Å². The third-order valence-corrected chi connectivity index (χ3v) is 2.75. The first kappa shape index (κ1) is 11.5. The number of fused-ring (bicyclic) bond motifs is 1. The maximum absolute atomic E-state index is 4.43. The molecule has 0 amide bonds. The molecule has 3 aromatic heterocycles. The van der Waals surface area contributed by atoms with Gasteiger partial charge in [-0.25, -0.2) is 15.0 Å². The number of aromatic nitrogens is 4. The van der Waals surface area contributed by atoms with Crippen molar-refractivity contribution < 1.29 is 0 Å². The summed E-state index contributed by atoms with van der Waals surface area (Å²) in [5.74, 6) is 1.50. The molecule has 19 heavy (non-hydrogen) atoms. The minimum atomic E-state index is 0.626. The predicted octanol–water partition coefficient (Wildman–Crippen LogP) is 2.34. The van der Waals surface area contributed by atoms with Gasteiger partial charge in [-0.3, -0.25) is 4.98 Å². The van der Waals surface area contributed by atoms with Crippen LogP contribution < -0.4 is 5.32 Å². The minimum Gasteiger partial charge on any atom is -0.364 e. The summed E-state index contributed by atoms with van der Waals surface area (Å²) in [5.41, 5.74) is 1.68. The molecule has 0 spiro atoms. The summed E-state index contributed by atoms with van der Waals surface area (Å²) in [6.45, 7) is 2.49. The number of rotatable bonds is 3. The number of anilines is 1. The SMILES string of the molecule is Cc1nc(NCc2ccccn2)c2cccnc2n1. The molecule has 0 bridgehead atoms. The summed E-state index contributed by atoms with van der Waals surface area (Å²) in [7, 11) is 0. The van der Waals surface area contributed by atoms with E-state index >= 15 is 0 Å². The van der Waals surface area contributed by atoms with Crippen molar-refractivity contribution in [1.82, 2.24) is 19.9 Å². The van der Waals surface area contributed by atoms with E-state index in [0.717, 1.165) is 16.9 Å². The van der Waals surface area contributed by atoms with Crippen LogP contribution in [0.15, 0.2) is 42.7 Å². The van der Waals surface area contributed by atoms with E-state index in [-0.39, 0.29) is 0 Å². The maximum atomic E-state index is 4.43. The van der Waals surface area contributed by atoms with Crippen LogP contribution >= 0.6 is 0 Å². The molecule has 3 rings (SSSR count). The van der Waals surface area contributed by atoms with Crippen LogP contribution in [0.5, 0.6) is 0 Å². The van der Waals surface area contributed by atoms with E-state index in [1.165, 1.54) is 0 Å². The van der Waals surface area contributed by atoms with E-state index in [1.807, 2.05) is 37.3 Å². The molecule has 94 valence electrons. The zero-order chi connectivity index (χ0) is 13.1. The molecule has 0 unspecified atom stereocenters. The Labute approximate surface area is 110 Å². The topological polar surface area (TPSA) is 63.6 Å². The average molecular weight is 251 g/mol. The molecule has 0 atom stereocenters. The Balaban J connectivity index is 1.92. The Morgan fingerprint density at radius 2 is 1.89 bits per heavy atom. The molecule has 5 heteroatoms. The molecule has 1 N–H and O–H groups in total. The number of hydrogen-bond donors (Lipinski definition) is 1. The standard InChI is InChI=1S/C14H13N5/c1-10-18-13-12(6-4-8-16-13)14(19-10)17-9-11-5-2-3-7-15-11/h2-8H,9H2,1H3,(H,16,17,18,19). The Kier molecular flexibility index (Phi) is 3.02. The second-order valence-electron chi connectivity index (χ2n) is 4.17. The molecule has 3 heterocycles. The normalized spacial score (nSPS) is 10.6. The molecular weight excluding hydrogens is 238 g/mol. The first-order valence-corrected chi connectivity index (χ1v) is 6.06. The van der Waals surface area contributed by atoms with Crippen molar-refractivity contribution in [2.45, 2.75) is 13.5 Å². The molecule has 0 saturated carbocycles. The van der Waals surface area contributed by atoms with Crippen molar-refractivity contribution >= 4 is 16.9 Å². The molecule has 0 radical (unpaired) electrons. The summed E-state index contributed by atoms with van der Waals surface area (Å²) < 4.78 is 0. The van der Waals surface area contributed by atoms with Gasteiger partial charge in [0.05, 0.1) is 17.6 Å². The smallest absolute Gasteiger partial charge is 0.164 e.